The van der Waals surface area contributed by atoms with Crippen molar-refractivity contribution < 1.29 is 14.7 Å². The highest BCUT2D eigenvalue weighted by atomic mass is 35.5. The molecule has 1 saturated heterocycles. The number of hydrogen-bond acceptors (Lipinski definition) is 2. The fraction of sp³-hybridized carbons (Fsp3) is 0.571. The fourth-order valence-electron chi connectivity index (χ4n) is 1.30. The van der Waals surface area contributed by atoms with Crippen molar-refractivity contribution in [3.63, 3.8) is 0 Å². The minimum absolute atomic E-state index is 0. The molecule has 0 atom stereocenters. The number of carboxylic acids is 1. The van der Waals surface area contributed by atoms with E-state index in [-0.39, 0.29) is 19.0 Å². The number of nitrogens with two attached hydrogens (primary N) is 1. The van der Waals surface area contributed by atoms with E-state index >= 15 is 0 Å². The number of amides is 2. The van der Waals surface area contributed by atoms with Gasteiger partial charge >= 0.3 is 12.0 Å². The van der Waals surface area contributed by atoms with Crippen molar-refractivity contribution in [3.8, 4) is 0 Å². The van der Waals surface area contributed by atoms with Crippen molar-refractivity contribution in [2.75, 3.05) is 13.1 Å². The van der Waals surface area contributed by atoms with Crippen LogP contribution in [-0.2, 0) is 4.79 Å². The summed E-state index contributed by atoms with van der Waals surface area (Å²) in [5.41, 5.74) is 4.86. The monoisotopic (exact) mass is 221 g/mol. The summed E-state index contributed by atoms with van der Waals surface area (Å²) in [5, 5.41) is 8.51. The van der Waals surface area contributed by atoms with Gasteiger partial charge in [-0.25, -0.2) is 4.79 Å². The molecule has 3 N–H and O–H groups in total. The maximum absolute atomic E-state index is 10.4. The maximum atomic E-state index is 10.4. The third kappa shape index (κ3) is 3.61. The number of likely N-dealkylation sites (tertiary alicyclic amines) is 1. The lowest BCUT2D eigenvalue weighted by Gasteiger charge is -2.14. The molecule has 1 fully saturated rings. The smallest absolute Gasteiger partial charge is 0.339 e. The van der Waals surface area contributed by atoms with E-state index in [4.69, 9.17) is 10.8 Å². The fourth-order valence-corrected chi connectivity index (χ4v) is 1.30. The number of rotatable bonds is 2. The molecule has 0 aromatic heterocycles. The molecule has 7 heteroatoms. The van der Waals surface area contributed by atoms with Gasteiger partial charge in [0.25, 0.3) is 0 Å². The number of aliphatic imine (C=N–C) groups is 1. The quantitative estimate of drug-likeness (QED) is 0.690. The topological polar surface area (TPSA) is 96.0 Å². The Kier molecular flexibility index (Phi) is 4.93. The first kappa shape index (κ1) is 12.7. The van der Waals surface area contributed by atoms with Gasteiger partial charge in [0.2, 0.25) is 0 Å². The second kappa shape index (κ2) is 5.43. The Balaban J connectivity index is 0.00000169. The Hall–Kier alpha value is -1.30. The molecule has 14 heavy (non-hydrogen) atoms. The van der Waals surface area contributed by atoms with Crippen molar-refractivity contribution in [2.24, 2.45) is 10.7 Å². The SMILES string of the molecule is Cl.NC(=O)/N=C1/CCCN1CC(=O)O. The molecular weight excluding hydrogens is 210 g/mol. The first-order valence-electron chi connectivity index (χ1n) is 3.93. The molecule has 6 nitrogen and oxygen atoms in total. The average Bonchev–Trinajstić information content (AvgIpc) is 2.34. The standard InChI is InChI=1S/C7H11N3O3.ClH/c8-7(13)9-5-2-1-3-10(5)4-6(11)12;/h1-4H2,(H2,8,13)(H,11,12);1H/b9-5-;. The van der Waals surface area contributed by atoms with Crippen molar-refractivity contribution in [3.05, 3.63) is 0 Å². The Morgan fingerprint density at radius 1 is 1.57 bits per heavy atom. The van der Waals surface area contributed by atoms with Crippen LogP contribution < -0.4 is 5.73 Å². The van der Waals surface area contributed by atoms with Crippen LogP contribution in [0, 0.1) is 0 Å². The normalized spacial score (nSPS) is 18.0. The summed E-state index contributed by atoms with van der Waals surface area (Å²) in [7, 11) is 0. The molecule has 0 aromatic carbocycles. The van der Waals surface area contributed by atoms with Crippen LogP contribution in [0.3, 0.4) is 0 Å². The van der Waals surface area contributed by atoms with Crippen LogP contribution in [0.4, 0.5) is 4.79 Å². The zero-order valence-electron chi connectivity index (χ0n) is 7.47. The number of halogens is 1. The predicted octanol–water partition coefficient (Wildman–Crippen LogP) is 0.0658. The highest BCUT2D eigenvalue weighted by molar-refractivity contribution is 5.95. The summed E-state index contributed by atoms with van der Waals surface area (Å²) in [6.07, 6.45) is 1.44. The molecule has 0 unspecified atom stereocenters. The van der Waals surface area contributed by atoms with Gasteiger partial charge in [0.1, 0.15) is 12.4 Å². The van der Waals surface area contributed by atoms with E-state index in [2.05, 4.69) is 4.99 Å². The molecule has 0 bridgehead atoms. The highest BCUT2D eigenvalue weighted by Gasteiger charge is 2.20. The summed E-state index contributed by atoms with van der Waals surface area (Å²) in [5.74, 6) is -0.450. The number of urea groups is 1. The van der Waals surface area contributed by atoms with Crippen molar-refractivity contribution in [1.82, 2.24) is 4.90 Å². The Morgan fingerprint density at radius 2 is 2.21 bits per heavy atom. The lowest BCUT2D eigenvalue weighted by molar-refractivity contribution is -0.137. The predicted molar refractivity (Wildman–Crippen MR) is 52.7 cm³/mol. The van der Waals surface area contributed by atoms with E-state index in [0.717, 1.165) is 6.42 Å². The number of hydrogen-bond donors (Lipinski definition) is 2. The molecule has 1 aliphatic heterocycles. The molecule has 1 aliphatic rings. The van der Waals surface area contributed by atoms with E-state index in [1.54, 1.807) is 4.90 Å². The number of primary amides is 1. The molecule has 0 saturated carbocycles. The largest absolute Gasteiger partial charge is 0.480 e. The molecule has 80 valence electrons. The van der Waals surface area contributed by atoms with Crippen LogP contribution in [0.1, 0.15) is 12.8 Å². The minimum Gasteiger partial charge on any atom is -0.480 e. The first-order chi connectivity index (χ1) is 6.09. The summed E-state index contributed by atoms with van der Waals surface area (Å²) >= 11 is 0. The van der Waals surface area contributed by atoms with Crippen LogP contribution in [0.15, 0.2) is 4.99 Å². The molecule has 0 radical (unpaired) electrons. The number of carbonyl (C=O) groups excluding carboxylic acids is 1. The van der Waals surface area contributed by atoms with Gasteiger partial charge in [-0.1, -0.05) is 0 Å². The molecular formula is C7H12ClN3O3. The van der Waals surface area contributed by atoms with E-state index in [1.165, 1.54) is 0 Å². The molecule has 0 aliphatic carbocycles. The molecule has 0 aromatic rings. The van der Waals surface area contributed by atoms with Crippen molar-refractivity contribution in [2.45, 2.75) is 12.8 Å². The first-order valence-corrected chi connectivity index (χ1v) is 3.93. The van der Waals surface area contributed by atoms with Gasteiger partial charge in [-0.05, 0) is 6.42 Å². The van der Waals surface area contributed by atoms with E-state index < -0.39 is 12.0 Å². The Morgan fingerprint density at radius 3 is 2.71 bits per heavy atom. The van der Waals surface area contributed by atoms with Gasteiger partial charge in [-0.2, -0.15) is 4.99 Å². The van der Waals surface area contributed by atoms with Crippen molar-refractivity contribution >= 4 is 30.2 Å². The van der Waals surface area contributed by atoms with Gasteiger partial charge in [0.05, 0.1) is 0 Å². The van der Waals surface area contributed by atoms with E-state index in [1.807, 2.05) is 0 Å². The van der Waals surface area contributed by atoms with Crippen molar-refractivity contribution in [1.29, 1.82) is 0 Å². The highest BCUT2D eigenvalue weighted by Crippen LogP contribution is 2.10. The molecule has 2 amide bonds. The van der Waals surface area contributed by atoms with Gasteiger partial charge in [0.15, 0.2) is 0 Å². The zero-order valence-corrected chi connectivity index (χ0v) is 8.29. The van der Waals surface area contributed by atoms with Crippen LogP contribution in [0.2, 0.25) is 0 Å². The van der Waals surface area contributed by atoms with Gasteiger partial charge in [0, 0.05) is 13.0 Å². The summed E-state index contributed by atoms with van der Waals surface area (Å²) in [6, 6.07) is -0.771. The van der Waals surface area contributed by atoms with Gasteiger partial charge in [-0.15, -0.1) is 12.4 Å². The van der Waals surface area contributed by atoms with E-state index in [9.17, 15) is 9.59 Å². The lowest BCUT2D eigenvalue weighted by atomic mass is 10.4. The molecule has 0 spiro atoms. The third-order valence-electron chi connectivity index (χ3n) is 1.76. The third-order valence-corrected chi connectivity index (χ3v) is 1.76. The van der Waals surface area contributed by atoms with Gasteiger partial charge in [-0.3, -0.25) is 4.79 Å². The summed E-state index contributed by atoms with van der Waals surface area (Å²) < 4.78 is 0. The van der Waals surface area contributed by atoms with Crippen LogP contribution in [-0.4, -0.2) is 40.9 Å². The number of carbonyl (C=O) groups is 2. The maximum Gasteiger partial charge on any atom is 0.339 e. The minimum atomic E-state index is -0.931. The number of nitrogens with zero attached hydrogens (tertiary/aromatic N) is 2. The van der Waals surface area contributed by atoms with Crippen LogP contribution in [0.5, 0.6) is 0 Å². The second-order valence-corrected chi connectivity index (χ2v) is 2.79. The Labute approximate surface area is 87.2 Å². The van der Waals surface area contributed by atoms with Gasteiger partial charge < -0.3 is 15.7 Å². The number of carboxylic acid groups (broad SMARTS) is 1. The van der Waals surface area contributed by atoms with Crippen LogP contribution in [0.25, 0.3) is 0 Å². The summed E-state index contributed by atoms with van der Waals surface area (Å²) in [6.45, 7) is 0.504. The lowest BCUT2D eigenvalue weighted by Crippen LogP contribution is -2.31. The van der Waals surface area contributed by atoms with Crippen LogP contribution >= 0.6 is 12.4 Å². The average molecular weight is 222 g/mol. The summed E-state index contributed by atoms with van der Waals surface area (Å²) in [4.78, 5) is 25.9. The second-order valence-electron chi connectivity index (χ2n) is 2.79. The number of aliphatic carboxylic acids is 1. The molecule has 1 heterocycles. The van der Waals surface area contributed by atoms with E-state index in [0.29, 0.717) is 18.8 Å². The molecule has 1 rings (SSSR count). The number of amidine groups is 1. The Bertz CT molecular complexity index is 267. The zero-order chi connectivity index (χ0) is 9.84.